The standard InChI is InChI=1S/C55H98O15/c1-3-5-7-9-11-13-15-17-19-21-23-25-27-29-31-33-35-37-46(57)65-40-43(68-47(58)38-36-34-32-30-28-26-24-22-20-18-16-14-12-10-8-6-4-2)41-66-54-53(64)51(62)49(60)45(70-54)42-67-55-52(63)50(61)48(59)44(39-56)69-55/h17,19,23,25,29,31,43-45,48-56,59-64H,3-16,18,20-22,24,26-28,30,32-42H2,1-2H3/b19-17+,25-23+,31-29+/t43-,44+,45+,48-,49-,50?,51?,52?,53?,54+,55+/m0/s1. The van der Waals surface area contributed by atoms with Crippen molar-refractivity contribution in [2.75, 3.05) is 26.4 Å². The van der Waals surface area contributed by atoms with Gasteiger partial charge in [-0.1, -0.05) is 185 Å². The Morgan fingerprint density at radius 2 is 0.871 bits per heavy atom. The third-order valence-electron chi connectivity index (χ3n) is 13.1. The van der Waals surface area contributed by atoms with Crippen molar-refractivity contribution in [3.8, 4) is 0 Å². The molecule has 0 aliphatic carbocycles. The largest absolute Gasteiger partial charge is 0.462 e. The van der Waals surface area contributed by atoms with E-state index in [1.54, 1.807) is 0 Å². The van der Waals surface area contributed by atoms with Crippen LogP contribution in [0.2, 0.25) is 0 Å². The highest BCUT2D eigenvalue weighted by molar-refractivity contribution is 5.70. The maximum absolute atomic E-state index is 13.0. The van der Waals surface area contributed by atoms with Gasteiger partial charge in [0.1, 0.15) is 55.4 Å². The first-order valence-corrected chi connectivity index (χ1v) is 27.6. The van der Waals surface area contributed by atoms with Gasteiger partial charge in [0.2, 0.25) is 0 Å². The van der Waals surface area contributed by atoms with Crippen LogP contribution in [0.5, 0.6) is 0 Å². The number of ether oxygens (including phenoxy) is 6. The third-order valence-corrected chi connectivity index (χ3v) is 13.1. The molecule has 2 aliphatic rings. The molecule has 0 radical (unpaired) electrons. The van der Waals surface area contributed by atoms with E-state index in [2.05, 4.69) is 44.2 Å². The molecule has 0 spiro atoms. The van der Waals surface area contributed by atoms with Crippen LogP contribution in [0.4, 0.5) is 0 Å². The molecular formula is C55H98O15. The SMILES string of the molecule is CCCCCCCC/C=C/C/C=C/C/C=C/CCCC(=O)OC[C@@H](CO[C@@H]1O[C@H](CO[C@@H]2O[C@H](CO)[C@H](O)C(O)C2O)[C@H](O)C(O)C1O)OC(=O)CCCCCCCCCCCCCCCCCCC. The highest BCUT2D eigenvalue weighted by Crippen LogP contribution is 2.26. The maximum atomic E-state index is 13.0. The molecular weight excluding hydrogens is 901 g/mol. The van der Waals surface area contributed by atoms with Gasteiger partial charge in [-0.25, -0.2) is 0 Å². The van der Waals surface area contributed by atoms with Crippen LogP contribution in [0.15, 0.2) is 36.5 Å². The first-order chi connectivity index (χ1) is 34.0. The summed E-state index contributed by atoms with van der Waals surface area (Å²) >= 11 is 0. The summed E-state index contributed by atoms with van der Waals surface area (Å²) in [5.74, 6) is -0.978. The Labute approximate surface area is 421 Å². The Morgan fingerprint density at radius 3 is 1.39 bits per heavy atom. The molecule has 2 heterocycles. The number of carbonyl (C=O) groups is 2. The first-order valence-electron chi connectivity index (χ1n) is 27.6. The number of rotatable bonds is 43. The van der Waals surface area contributed by atoms with E-state index in [-0.39, 0.29) is 19.4 Å². The Balaban J connectivity index is 1.80. The lowest BCUT2D eigenvalue weighted by atomic mass is 9.98. The molecule has 15 nitrogen and oxygen atoms in total. The van der Waals surface area contributed by atoms with Crippen molar-refractivity contribution in [1.82, 2.24) is 0 Å². The fourth-order valence-corrected chi connectivity index (χ4v) is 8.59. The number of allylic oxidation sites excluding steroid dienone is 6. The average Bonchev–Trinajstić information content (AvgIpc) is 3.35. The van der Waals surface area contributed by atoms with Crippen molar-refractivity contribution in [2.45, 2.75) is 274 Å². The van der Waals surface area contributed by atoms with Crippen molar-refractivity contribution < 1.29 is 73.8 Å². The van der Waals surface area contributed by atoms with Crippen LogP contribution in [0.3, 0.4) is 0 Å². The Hall–Kier alpha value is -2.28. The van der Waals surface area contributed by atoms with E-state index < -0.39 is 99.3 Å². The fourth-order valence-electron chi connectivity index (χ4n) is 8.59. The van der Waals surface area contributed by atoms with Gasteiger partial charge in [0.15, 0.2) is 18.7 Å². The van der Waals surface area contributed by atoms with Gasteiger partial charge in [0.05, 0.1) is 19.8 Å². The number of carbonyl (C=O) groups excluding carboxylic acids is 2. The molecule has 2 aliphatic heterocycles. The summed E-state index contributed by atoms with van der Waals surface area (Å²) in [5, 5.41) is 72.2. The molecule has 4 unspecified atom stereocenters. The van der Waals surface area contributed by atoms with Crippen LogP contribution in [0, 0.1) is 0 Å². The second-order valence-corrected chi connectivity index (χ2v) is 19.4. The maximum Gasteiger partial charge on any atom is 0.306 e. The van der Waals surface area contributed by atoms with Gasteiger partial charge < -0.3 is 64.2 Å². The minimum atomic E-state index is -1.77. The van der Waals surface area contributed by atoms with Crippen molar-refractivity contribution in [2.24, 2.45) is 0 Å². The van der Waals surface area contributed by atoms with E-state index in [0.29, 0.717) is 19.3 Å². The van der Waals surface area contributed by atoms with Crippen LogP contribution in [-0.4, -0.2) is 142 Å². The molecule has 70 heavy (non-hydrogen) atoms. The monoisotopic (exact) mass is 999 g/mol. The number of hydrogen-bond acceptors (Lipinski definition) is 15. The molecule has 11 atom stereocenters. The summed E-state index contributed by atoms with van der Waals surface area (Å²) < 4.78 is 33.6. The average molecular weight is 999 g/mol. The molecule has 0 aromatic rings. The molecule has 2 saturated heterocycles. The van der Waals surface area contributed by atoms with Crippen LogP contribution in [0.1, 0.15) is 206 Å². The lowest BCUT2D eigenvalue weighted by Gasteiger charge is -2.42. The van der Waals surface area contributed by atoms with E-state index in [0.717, 1.165) is 38.5 Å². The molecule has 7 N–H and O–H groups in total. The predicted molar refractivity (Wildman–Crippen MR) is 270 cm³/mol. The van der Waals surface area contributed by atoms with Crippen LogP contribution in [-0.2, 0) is 38.0 Å². The molecule has 2 rings (SSSR count). The normalized spacial score (nSPS) is 25.6. The smallest absolute Gasteiger partial charge is 0.306 e. The Bertz CT molecular complexity index is 1360. The first kappa shape index (κ1) is 63.8. The van der Waals surface area contributed by atoms with Crippen LogP contribution in [0.25, 0.3) is 0 Å². The lowest BCUT2D eigenvalue weighted by Crippen LogP contribution is -2.61. The highest BCUT2D eigenvalue weighted by Gasteiger charge is 2.47. The Morgan fingerprint density at radius 1 is 0.457 bits per heavy atom. The van der Waals surface area contributed by atoms with E-state index in [9.17, 15) is 45.3 Å². The highest BCUT2D eigenvalue weighted by atomic mass is 16.7. The minimum Gasteiger partial charge on any atom is -0.462 e. The van der Waals surface area contributed by atoms with Crippen molar-refractivity contribution in [1.29, 1.82) is 0 Å². The fraction of sp³-hybridized carbons (Fsp3) is 0.855. The number of aliphatic hydroxyl groups excluding tert-OH is 7. The number of aliphatic hydroxyl groups is 7. The van der Waals surface area contributed by atoms with E-state index in [1.165, 1.54) is 122 Å². The van der Waals surface area contributed by atoms with E-state index in [1.807, 2.05) is 6.08 Å². The topological polar surface area (TPSA) is 231 Å². The summed E-state index contributed by atoms with van der Waals surface area (Å²) in [6.45, 7) is 2.56. The van der Waals surface area contributed by atoms with Crippen LogP contribution >= 0.6 is 0 Å². The molecule has 0 bridgehead atoms. The minimum absolute atomic E-state index is 0.148. The predicted octanol–water partition coefficient (Wildman–Crippen LogP) is 8.49. The van der Waals surface area contributed by atoms with Gasteiger partial charge in [0, 0.05) is 12.8 Å². The number of unbranched alkanes of at least 4 members (excludes halogenated alkanes) is 23. The summed E-state index contributed by atoms with van der Waals surface area (Å²) in [7, 11) is 0. The number of hydrogen-bond donors (Lipinski definition) is 7. The van der Waals surface area contributed by atoms with Gasteiger partial charge in [-0.15, -0.1) is 0 Å². The van der Waals surface area contributed by atoms with E-state index in [4.69, 9.17) is 28.4 Å². The van der Waals surface area contributed by atoms with Crippen molar-refractivity contribution in [3.63, 3.8) is 0 Å². The molecule has 0 saturated carbocycles. The second-order valence-electron chi connectivity index (χ2n) is 19.4. The molecule has 0 aromatic carbocycles. The van der Waals surface area contributed by atoms with Gasteiger partial charge in [-0.3, -0.25) is 9.59 Å². The molecule has 15 heteroatoms. The quantitative estimate of drug-likeness (QED) is 0.0173. The zero-order valence-electron chi connectivity index (χ0n) is 43.3. The zero-order chi connectivity index (χ0) is 51.0. The summed E-state index contributed by atoms with van der Waals surface area (Å²) in [4.78, 5) is 25.8. The molecule has 2 fully saturated rings. The summed E-state index contributed by atoms with van der Waals surface area (Å²) in [6.07, 6.45) is 28.9. The molecule has 0 aromatic heterocycles. The van der Waals surface area contributed by atoms with Crippen molar-refractivity contribution >= 4 is 11.9 Å². The third kappa shape index (κ3) is 29.4. The van der Waals surface area contributed by atoms with Gasteiger partial charge in [0.25, 0.3) is 0 Å². The van der Waals surface area contributed by atoms with Gasteiger partial charge in [-0.2, -0.15) is 0 Å². The van der Waals surface area contributed by atoms with Gasteiger partial charge >= 0.3 is 11.9 Å². The number of esters is 2. The summed E-state index contributed by atoms with van der Waals surface area (Å²) in [6, 6.07) is 0. The summed E-state index contributed by atoms with van der Waals surface area (Å²) in [5.41, 5.74) is 0. The van der Waals surface area contributed by atoms with E-state index >= 15 is 0 Å². The molecule has 0 amide bonds. The second kappa shape index (κ2) is 42.1. The van der Waals surface area contributed by atoms with Crippen molar-refractivity contribution in [3.05, 3.63) is 36.5 Å². The zero-order valence-corrected chi connectivity index (χ0v) is 43.3. The van der Waals surface area contributed by atoms with Crippen LogP contribution < -0.4 is 0 Å². The van der Waals surface area contributed by atoms with Gasteiger partial charge in [-0.05, 0) is 44.9 Å². The molecule has 408 valence electrons. The Kier molecular flexibility index (Phi) is 38.4. The lowest BCUT2D eigenvalue weighted by molar-refractivity contribution is -0.332.